The summed E-state index contributed by atoms with van der Waals surface area (Å²) in [4.78, 5) is 19.2. The first kappa shape index (κ1) is 14.1. The van der Waals surface area contributed by atoms with E-state index in [4.69, 9.17) is 0 Å². The normalized spacial score (nSPS) is 11.1. The molecule has 1 heterocycles. The lowest BCUT2D eigenvalue weighted by Crippen LogP contribution is -2.23. The Morgan fingerprint density at radius 3 is 2.91 bits per heavy atom. The third-order valence-corrected chi connectivity index (χ3v) is 3.39. The van der Waals surface area contributed by atoms with Crippen LogP contribution in [0.25, 0.3) is 17.1 Å². The lowest BCUT2D eigenvalue weighted by molar-refractivity contribution is 0.0954. The molecule has 0 atom stereocenters. The molecule has 0 aliphatic carbocycles. The van der Waals surface area contributed by atoms with E-state index in [1.807, 2.05) is 30.3 Å². The van der Waals surface area contributed by atoms with Gasteiger partial charge in [-0.05, 0) is 30.2 Å². The summed E-state index contributed by atoms with van der Waals surface area (Å²) in [5, 5.41) is 2.92. The number of nitrogens with one attached hydrogen (secondary N) is 2. The minimum atomic E-state index is -0.0652. The molecule has 0 aliphatic heterocycles. The van der Waals surface area contributed by atoms with Gasteiger partial charge in [-0.2, -0.15) is 0 Å². The van der Waals surface area contributed by atoms with Crippen LogP contribution in [0.1, 0.15) is 22.3 Å². The Hall–Kier alpha value is -2.88. The maximum absolute atomic E-state index is 12.1. The van der Waals surface area contributed by atoms with E-state index >= 15 is 0 Å². The first-order valence-corrected chi connectivity index (χ1v) is 7.26. The van der Waals surface area contributed by atoms with Crippen molar-refractivity contribution >= 4 is 23.0 Å². The summed E-state index contributed by atoms with van der Waals surface area (Å²) in [7, 11) is 0. The van der Waals surface area contributed by atoms with Crippen LogP contribution in [0.3, 0.4) is 0 Å². The Morgan fingerprint density at radius 2 is 2.05 bits per heavy atom. The largest absolute Gasteiger partial charge is 0.352 e. The van der Waals surface area contributed by atoms with E-state index in [9.17, 15) is 4.79 Å². The molecule has 3 aromatic rings. The molecule has 0 unspecified atom stereocenters. The number of hydrogen-bond donors (Lipinski definition) is 2. The minimum absolute atomic E-state index is 0.0652. The monoisotopic (exact) mass is 291 g/mol. The number of fused-ring (bicyclic) bond motifs is 1. The predicted molar refractivity (Wildman–Crippen MR) is 88.5 cm³/mol. The molecule has 1 aromatic heterocycles. The molecule has 2 N–H and O–H groups in total. The van der Waals surface area contributed by atoms with Crippen molar-refractivity contribution in [3.05, 3.63) is 72.1 Å². The van der Waals surface area contributed by atoms with Gasteiger partial charge in [0.25, 0.3) is 5.91 Å². The molecule has 3 rings (SSSR count). The number of aromatic amines is 1. The Labute approximate surface area is 128 Å². The van der Waals surface area contributed by atoms with Crippen LogP contribution in [0.5, 0.6) is 0 Å². The standard InChI is InChI=1S/C18H17N3O/c22-18(15-9-10-16-17(12-15)21-13-20-16)19-11-5-4-8-14-6-2-1-3-7-14/h1-4,6-10,12-13H,5,11H2,(H,19,22)(H,20,21)/b8-4+. The van der Waals surface area contributed by atoms with Crippen molar-refractivity contribution in [3.63, 3.8) is 0 Å². The zero-order chi connectivity index (χ0) is 15.2. The lowest BCUT2D eigenvalue weighted by Gasteiger charge is -2.03. The molecule has 4 heteroatoms. The van der Waals surface area contributed by atoms with Gasteiger partial charge in [-0.15, -0.1) is 0 Å². The molecule has 0 radical (unpaired) electrons. The molecule has 0 bridgehead atoms. The quantitative estimate of drug-likeness (QED) is 0.708. The SMILES string of the molecule is O=C(NCC/C=C/c1ccccc1)c1ccc2nc[nH]c2c1. The number of hydrogen-bond acceptors (Lipinski definition) is 2. The summed E-state index contributed by atoms with van der Waals surface area (Å²) in [6.07, 6.45) is 6.55. The van der Waals surface area contributed by atoms with E-state index in [1.165, 1.54) is 5.56 Å². The highest BCUT2D eigenvalue weighted by Gasteiger charge is 2.06. The Kier molecular flexibility index (Phi) is 4.30. The van der Waals surface area contributed by atoms with Gasteiger partial charge in [0, 0.05) is 12.1 Å². The van der Waals surface area contributed by atoms with Crippen molar-refractivity contribution < 1.29 is 4.79 Å². The van der Waals surface area contributed by atoms with Gasteiger partial charge in [0.2, 0.25) is 0 Å². The van der Waals surface area contributed by atoms with Crippen molar-refractivity contribution in [2.75, 3.05) is 6.54 Å². The van der Waals surface area contributed by atoms with Crippen LogP contribution >= 0.6 is 0 Å². The van der Waals surface area contributed by atoms with Crippen molar-refractivity contribution in [3.8, 4) is 0 Å². The molecular weight excluding hydrogens is 274 g/mol. The second kappa shape index (κ2) is 6.72. The number of nitrogens with zero attached hydrogens (tertiary/aromatic N) is 1. The summed E-state index contributed by atoms with van der Waals surface area (Å²) in [6, 6.07) is 15.6. The van der Waals surface area contributed by atoms with Gasteiger partial charge < -0.3 is 10.3 Å². The van der Waals surface area contributed by atoms with Crippen molar-refractivity contribution in [2.45, 2.75) is 6.42 Å². The summed E-state index contributed by atoms with van der Waals surface area (Å²) >= 11 is 0. The van der Waals surface area contributed by atoms with E-state index < -0.39 is 0 Å². The number of rotatable bonds is 5. The average Bonchev–Trinajstić information content (AvgIpc) is 3.03. The highest BCUT2D eigenvalue weighted by atomic mass is 16.1. The van der Waals surface area contributed by atoms with Gasteiger partial charge in [0.05, 0.1) is 17.4 Å². The molecule has 110 valence electrons. The van der Waals surface area contributed by atoms with Crippen LogP contribution in [0.4, 0.5) is 0 Å². The number of carbonyl (C=O) groups is 1. The number of carbonyl (C=O) groups excluding carboxylic acids is 1. The van der Waals surface area contributed by atoms with Crippen LogP contribution in [0.15, 0.2) is 60.9 Å². The molecule has 0 fully saturated rings. The second-order valence-corrected chi connectivity index (χ2v) is 4.99. The van der Waals surface area contributed by atoms with E-state index in [-0.39, 0.29) is 5.91 Å². The highest BCUT2D eigenvalue weighted by Crippen LogP contribution is 2.11. The van der Waals surface area contributed by atoms with E-state index in [1.54, 1.807) is 12.4 Å². The number of imidazole rings is 1. The van der Waals surface area contributed by atoms with E-state index in [2.05, 4.69) is 39.6 Å². The predicted octanol–water partition coefficient (Wildman–Crippen LogP) is 3.40. The summed E-state index contributed by atoms with van der Waals surface area (Å²) in [5.41, 5.74) is 3.54. The van der Waals surface area contributed by atoms with Crippen LogP contribution in [-0.4, -0.2) is 22.4 Å². The van der Waals surface area contributed by atoms with Crippen molar-refractivity contribution in [1.82, 2.24) is 15.3 Å². The van der Waals surface area contributed by atoms with Gasteiger partial charge in [-0.1, -0.05) is 42.5 Å². The zero-order valence-electron chi connectivity index (χ0n) is 12.1. The van der Waals surface area contributed by atoms with Crippen LogP contribution in [0.2, 0.25) is 0 Å². The first-order valence-electron chi connectivity index (χ1n) is 7.26. The number of amides is 1. The Morgan fingerprint density at radius 1 is 1.18 bits per heavy atom. The third-order valence-electron chi connectivity index (χ3n) is 3.39. The molecule has 0 saturated carbocycles. The van der Waals surface area contributed by atoms with Crippen LogP contribution in [0, 0.1) is 0 Å². The average molecular weight is 291 g/mol. The Bertz CT molecular complexity index is 790. The smallest absolute Gasteiger partial charge is 0.251 e. The van der Waals surface area contributed by atoms with E-state index in [0.29, 0.717) is 12.1 Å². The zero-order valence-corrected chi connectivity index (χ0v) is 12.1. The fourth-order valence-electron chi connectivity index (χ4n) is 2.23. The fourth-order valence-corrected chi connectivity index (χ4v) is 2.23. The third kappa shape index (κ3) is 3.41. The molecule has 22 heavy (non-hydrogen) atoms. The molecule has 1 amide bonds. The van der Waals surface area contributed by atoms with E-state index in [0.717, 1.165) is 17.5 Å². The van der Waals surface area contributed by atoms with Crippen molar-refractivity contribution in [2.24, 2.45) is 0 Å². The molecular formula is C18H17N3O. The van der Waals surface area contributed by atoms with Gasteiger partial charge in [-0.3, -0.25) is 4.79 Å². The second-order valence-electron chi connectivity index (χ2n) is 4.99. The summed E-state index contributed by atoms with van der Waals surface area (Å²) < 4.78 is 0. The highest BCUT2D eigenvalue weighted by molar-refractivity contribution is 5.97. The first-order chi connectivity index (χ1) is 10.8. The van der Waals surface area contributed by atoms with Gasteiger partial charge >= 0.3 is 0 Å². The maximum Gasteiger partial charge on any atom is 0.251 e. The number of benzene rings is 2. The number of H-pyrrole nitrogens is 1. The summed E-state index contributed by atoms with van der Waals surface area (Å²) in [6.45, 7) is 0.614. The molecule has 4 nitrogen and oxygen atoms in total. The summed E-state index contributed by atoms with van der Waals surface area (Å²) in [5.74, 6) is -0.0652. The van der Waals surface area contributed by atoms with Crippen LogP contribution < -0.4 is 5.32 Å². The molecule has 0 saturated heterocycles. The Balaban J connectivity index is 1.51. The topological polar surface area (TPSA) is 57.8 Å². The minimum Gasteiger partial charge on any atom is -0.352 e. The van der Waals surface area contributed by atoms with Gasteiger partial charge in [0.1, 0.15) is 0 Å². The molecule has 2 aromatic carbocycles. The maximum atomic E-state index is 12.1. The van der Waals surface area contributed by atoms with Crippen LogP contribution in [-0.2, 0) is 0 Å². The van der Waals surface area contributed by atoms with Gasteiger partial charge in [-0.25, -0.2) is 4.98 Å². The number of aromatic nitrogens is 2. The lowest BCUT2D eigenvalue weighted by atomic mass is 10.2. The molecule has 0 aliphatic rings. The fraction of sp³-hybridized carbons (Fsp3) is 0.111. The molecule has 0 spiro atoms. The van der Waals surface area contributed by atoms with Crippen molar-refractivity contribution in [1.29, 1.82) is 0 Å². The van der Waals surface area contributed by atoms with Gasteiger partial charge in [0.15, 0.2) is 0 Å².